The van der Waals surface area contributed by atoms with Crippen LogP contribution in [-0.4, -0.2) is 60.9 Å². The van der Waals surface area contributed by atoms with Crippen LogP contribution < -0.4 is 5.73 Å². The van der Waals surface area contributed by atoms with Gasteiger partial charge in [0.1, 0.15) is 0 Å². The molecule has 158 valence electrons. The van der Waals surface area contributed by atoms with Crippen molar-refractivity contribution in [1.29, 1.82) is 0 Å². The third kappa shape index (κ3) is 3.84. The molecule has 2 saturated heterocycles. The highest BCUT2D eigenvalue weighted by Crippen LogP contribution is 2.39. The van der Waals surface area contributed by atoms with Crippen LogP contribution in [0.5, 0.6) is 0 Å². The van der Waals surface area contributed by atoms with Gasteiger partial charge in [-0.25, -0.2) is 0 Å². The third-order valence-electron chi connectivity index (χ3n) is 7.15. The molecule has 4 aliphatic rings. The lowest BCUT2D eigenvalue weighted by Gasteiger charge is -2.38. The minimum atomic E-state index is -0.737. The minimum Gasteiger partial charge on any atom is -0.481 e. The summed E-state index contributed by atoms with van der Waals surface area (Å²) >= 11 is 0. The van der Waals surface area contributed by atoms with Crippen molar-refractivity contribution in [3.63, 3.8) is 0 Å². The van der Waals surface area contributed by atoms with E-state index in [2.05, 4.69) is 4.99 Å². The molecule has 0 radical (unpaired) electrons. The van der Waals surface area contributed by atoms with Crippen molar-refractivity contribution < 1.29 is 19.4 Å². The highest BCUT2D eigenvalue weighted by atomic mass is 16.5. The van der Waals surface area contributed by atoms with Gasteiger partial charge in [0.15, 0.2) is 0 Å². The number of amides is 1. The first-order valence-electron chi connectivity index (χ1n) is 10.7. The Morgan fingerprint density at radius 3 is 2.59 bits per heavy atom. The number of hydrogen-bond acceptors (Lipinski definition) is 5. The number of carboxylic acid groups (broad SMARTS) is 1. The molecule has 1 spiro atoms. The Kier molecular flexibility index (Phi) is 5.51. The maximum atomic E-state index is 13.1. The number of aliphatic imine (C=N–C) groups is 1. The van der Waals surface area contributed by atoms with E-state index in [0.29, 0.717) is 25.7 Å². The molecule has 3 N–H and O–H groups in total. The van der Waals surface area contributed by atoms with Crippen molar-refractivity contribution in [2.75, 3.05) is 33.4 Å². The average Bonchev–Trinajstić information content (AvgIpc) is 3.19. The Morgan fingerprint density at radius 2 is 2.03 bits per heavy atom. The van der Waals surface area contributed by atoms with E-state index in [0.717, 1.165) is 68.1 Å². The van der Waals surface area contributed by atoms with Gasteiger partial charge in [-0.1, -0.05) is 6.08 Å². The van der Waals surface area contributed by atoms with Crippen LogP contribution in [0.25, 0.3) is 0 Å². The van der Waals surface area contributed by atoms with E-state index in [-0.39, 0.29) is 23.2 Å². The van der Waals surface area contributed by atoms with E-state index in [4.69, 9.17) is 10.5 Å². The van der Waals surface area contributed by atoms with Gasteiger partial charge in [0.2, 0.25) is 5.91 Å². The summed E-state index contributed by atoms with van der Waals surface area (Å²) in [4.78, 5) is 30.7. The molecule has 2 unspecified atom stereocenters. The Morgan fingerprint density at radius 1 is 1.28 bits per heavy atom. The summed E-state index contributed by atoms with van der Waals surface area (Å²) in [6, 6.07) is 0. The second kappa shape index (κ2) is 7.94. The number of ether oxygens (including phenoxy) is 1. The van der Waals surface area contributed by atoms with Crippen LogP contribution >= 0.6 is 0 Å². The van der Waals surface area contributed by atoms with Crippen molar-refractivity contribution in [3.05, 3.63) is 22.9 Å². The molecule has 2 atom stereocenters. The normalized spacial score (nSPS) is 32.1. The molecule has 1 saturated carbocycles. The van der Waals surface area contributed by atoms with Crippen LogP contribution in [0.2, 0.25) is 0 Å². The summed E-state index contributed by atoms with van der Waals surface area (Å²) in [5, 5.41) is 9.18. The zero-order valence-corrected chi connectivity index (χ0v) is 17.2. The fourth-order valence-corrected chi connectivity index (χ4v) is 5.15. The van der Waals surface area contributed by atoms with Crippen LogP contribution in [0.15, 0.2) is 27.9 Å². The molecule has 0 aromatic rings. The molecule has 7 nitrogen and oxygen atoms in total. The first-order chi connectivity index (χ1) is 13.9. The molecule has 4 rings (SSSR count). The smallest absolute Gasteiger partial charge is 0.306 e. The van der Waals surface area contributed by atoms with Gasteiger partial charge in [-0.05, 0) is 49.7 Å². The maximum Gasteiger partial charge on any atom is 0.306 e. The lowest BCUT2D eigenvalue weighted by atomic mass is 9.80. The lowest BCUT2D eigenvalue weighted by molar-refractivity contribution is -0.142. The van der Waals surface area contributed by atoms with E-state index in [9.17, 15) is 14.7 Å². The number of likely N-dealkylation sites (tertiary alicyclic amines) is 1. The molecule has 2 heterocycles. The number of carboxylic acids is 1. The van der Waals surface area contributed by atoms with E-state index in [1.54, 1.807) is 7.05 Å². The molecule has 7 heteroatoms. The summed E-state index contributed by atoms with van der Waals surface area (Å²) in [6.45, 7) is 3.22. The summed E-state index contributed by atoms with van der Waals surface area (Å²) < 4.78 is 5.37. The second-order valence-corrected chi connectivity index (χ2v) is 9.04. The van der Waals surface area contributed by atoms with Gasteiger partial charge < -0.3 is 20.5 Å². The number of allylic oxidation sites excluding steroid dienone is 3. The fraction of sp³-hybridized carbons (Fsp3) is 0.682. The first kappa shape index (κ1) is 20.1. The van der Waals surface area contributed by atoms with Gasteiger partial charge in [0.05, 0.1) is 19.1 Å². The van der Waals surface area contributed by atoms with E-state index < -0.39 is 5.97 Å². The molecule has 1 amide bonds. The van der Waals surface area contributed by atoms with E-state index in [1.807, 2.05) is 11.0 Å². The molecular weight excluding hydrogens is 370 g/mol. The van der Waals surface area contributed by atoms with Gasteiger partial charge >= 0.3 is 5.97 Å². The number of carbonyl (C=O) groups excluding carboxylic acids is 1. The molecule has 29 heavy (non-hydrogen) atoms. The van der Waals surface area contributed by atoms with Crippen LogP contribution in [0.4, 0.5) is 0 Å². The Hall–Kier alpha value is -2.15. The van der Waals surface area contributed by atoms with Gasteiger partial charge in [0.25, 0.3) is 0 Å². The molecule has 0 aromatic carbocycles. The van der Waals surface area contributed by atoms with Crippen LogP contribution in [0.1, 0.15) is 44.9 Å². The highest BCUT2D eigenvalue weighted by Gasteiger charge is 2.47. The average molecular weight is 402 g/mol. The number of aliphatic carboxylic acids is 1. The molecule has 3 fully saturated rings. The van der Waals surface area contributed by atoms with Crippen molar-refractivity contribution in [2.24, 2.45) is 28.0 Å². The zero-order valence-electron chi connectivity index (χ0n) is 17.2. The Bertz CT molecular complexity index is 794. The van der Waals surface area contributed by atoms with Gasteiger partial charge in [-0.3, -0.25) is 14.6 Å². The summed E-state index contributed by atoms with van der Waals surface area (Å²) in [6.07, 6.45) is 7.02. The summed E-state index contributed by atoms with van der Waals surface area (Å²) in [5.74, 6) is -0.834. The predicted molar refractivity (Wildman–Crippen MR) is 109 cm³/mol. The van der Waals surface area contributed by atoms with Gasteiger partial charge in [0, 0.05) is 49.3 Å². The molecular formula is C22H31N3O4. The molecule has 0 bridgehead atoms. The van der Waals surface area contributed by atoms with Crippen LogP contribution in [-0.2, 0) is 14.3 Å². The predicted octanol–water partition coefficient (Wildman–Crippen LogP) is 2.13. The topological polar surface area (TPSA) is 105 Å². The number of rotatable bonds is 3. The quantitative estimate of drug-likeness (QED) is 0.754. The Labute approximate surface area is 171 Å². The van der Waals surface area contributed by atoms with E-state index in [1.165, 1.54) is 0 Å². The second-order valence-electron chi connectivity index (χ2n) is 9.04. The van der Waals surface area contributed by atoms with Crippen LogP contribution in [0.3, 0.4) is 0 Å². The minimum absolute atomic E-state index is 0.0295. The number of carbonyl (C=O) groups is 2. The molecule has 0 aromatic heterocycles. The number of nitrogens with two attached hydrogens (primary N) is 1. The monoisotopic (exact) mass is 401 g/mol. The standard InChI is InChI=1S/C22H31N3O4/c1-24-18-10-16(20(26)25-9-8-22(11-25)12-29-13-22)6-7-17(18)19(23)14-2-4-15(5-3-14)21(27)28/h2,15-16H,3-13,23H2,1H3,(H,27,28). The SMILES string of the molecule is CN=C1CC(C(=O)N2CCC3(COC3)C2)CCC1=C(N)C1=CCC(C(=O)O)CC1. The van der Waals surface area contributed by atoms with E-state index >= 15 is 0 Å². The molecule has 2 aliphatic heterocycles. The summed E-state index contributed by atoms with van der Waals surface area (Å²) in [7, 11) is 1.77. The van der Waals surface area contributed by atoms with Gasteiger partial charge in [-0.2, -0.15) is 0 Å². The lowest BCUT2D eigenvalue weighted by Crippen LogP contribution is -2.46. The number of hydrogen-bond donors (Lipinski definition) is 2. The van der Waals surface area contributed by atoms with Crippen molar-refractivity contribution in [1.82, 2.24) is 4.90 Å². The summed E-state index contributed by atoms with van der Waals surface area (Å²) in [5.41, 5.74) is 10.4. The first-order valence-corrected chi connectivity index (χ1v) is 10.7. The van der Waals surface area contributed by atoms with Crippen molar-refractivity contribution in [3.8, 4) is 0 Å². The Balaban J connectivity index is 1.43. The van der Waals surface area contributed by atoms with Crippen molar-refractivity contribution in [2.45, 2.75) is 44.9 Å². The highest BCUT2D eigenvalue weighted by molar-refractivity contribution is 6.04. The largest absolute Gasteiger partial charge is 0.481 e. The number of nitrogens with zero attached hydrogens (tertiary/aromatic N) is 2. The van der Waals surface area contributed by atoms with Gasteiger partial charge in [-0.15, -0.1) is 0 Å². The molecule has 2 aliphatic carbocycles. The third-order valence-corrected chi connectivity index (χ3v) is 7.15. The fourth-order valence-electron chi connectivity index (χ4n) is 5.15. The van der Waals surface area contributed by atoms with Crippen molar-refractivity contribution >= 4 is 17.6 Å². The zero-order chi connectivity index (χ0) is 20.6. The van der Waals surface area contributed by atoms with Crippen LogP contribution in [0, 0.1) is 17.3 Å². The maximum absolute atomic E-state index is 13.1.